The summed E-state index contributed by atoms with van der Waals surface area (Å²) in [5.41, 5.74) is 0.387. The molecule has 1 aromatic carbocycles. The highest BCUT2D eigenvalue weighted by molar-refractivity contribution is 5.20. The summed E-state index contributed by atoms with van der Waals surface area (Å²) in [6.45, 7) is 6.24. The van der Waals surface area contributed by atoms with Gasteiger partial charge >= 0.3 is 11.4 Å². The van der Waals surface area contributed by atoms with Gasteiger partial charge in [-0.2, -0.15) is 0 Å². The molecular weight excluding hydrogens is 254 g/mol. The van der Waals surface area contributed by atoms with Crippen LogP contribution in [0.25, 0.3) is 0 Å². The van der Waals surface area contributed by atoms with Crippen LogP contribution in [-0.4, -0.2) is 14.8 Å². The molecule has 5 nitrogen and oxygen atoms in total. The van der Waals surface area contributed by atoms with E-state index in [2.05, 4.69) is 31.0 Å². The van der Waals surface area contributed by atoms with Crippen LogP contribution in [0.4, 0.5) is 0 Å². The minimum atomic E-state index is -0.372. The van der Waals surface area contributed by atoms with Gasteiger partial charge in [-0.25, -0.2) is 24.4 Å². The number of rotatable bonds is 5. The molecule has 20 heavy (non-hydrogen) atoms. The Kier molecular flexibility index (Phi) is 4.27. The van der Waals surface area contributed by atoms with Crippen LogP contribution in [0.2, 0.25) is 0 Å². The van der Waals surface area contributed by atoms with Crippen LogP contribution in [0.15, 0.2) is 39.9 Å². The van der Waals surface area contributed by atoms with Crippen molar-refractivity contribution in [2.75, 3.05) is 0 Å². The van der Waals surface area contributed by atoms with Gasteiger partial charge in [0.1, 0.15) is 0 Å². The van der Waals surface area contributed by atoms with E-state index >= 15 is 0 Å². The largest absolute Gasteiger partial charge is 0.344 e. The van der Waals surface area contributed by atoms with E-state index in [9.17, 15) is 9.59 Å². The summed E-state index contributed by atoms with van der Waals surface area (Å²) in [5.74, 6) is 0.487. The predicted octanol–water partition coefficient (Wildman–Crippen LogP) is 2.26. The Balaban J connectivity index is 2.43. The van der Waals surface area contributed by atoms with Crippen molar-refractivity contribution in [1.29, 1.82) is 0 Å². The number of aromatic nitrogens is 3. The molecule has 1 heterocycles. The molecule has 0 amide bonds. The molecule has 0 saturated heterocycles. The zero-order valence-corrected chi connectivity index (χ0v) is 12.1. The van der Waals surface area contributed by atoms with Crippen molar-refractivity contribution in [3.63, 3.8) is 0 Å². The van der Waals surface area contributed by atoms with Crippen LogP contribution < -0.4 is 11.4 Å². The molecule has 0 saturated carbocycles. The topological polar surface area (TPSA) is 70.7 Å². The fourth-order valence-corrected chi connectivity index (χ4v) is 2.62. The lowest BCUT2D eigenvalue weighted by Gasteiger charge is -2.25. The molecule has 2 rings (SSSR count). The van der Waals surface area contributed by atoms with Gasteiger partial charge < -0.3 is 0 Å². The zero-order chi connectivity index (χ0) is 14.7. The number of hydrogen-bond acceptors (Lipinski definition) is 2. The quantitative estimate of drug-likeness (QED) is 0.878. The number of nitrogens with one attached hydrogen (secondary N) is 2. The molecule has 0 bridgehead atoms. The molecule has 2 N–H and O–H groups in total. The van der Waals surface area contributed by atoms with Gasteiger partial charge in [0.2, 0.25) is 0 Å². The molecule has 0 aliphatic carbocycles. The summed E-state index contributed by atoms with van der Waals surface area (Å²) in [6, 6.07) is 9.82. The smallest absolute Gasteiger partial charge is 0.247 e. The van der Waals surface area contributed by atoms with E-state index in [0.717, 1.165) is 12.0 Å². The molecule has 0 aliphatic heterocycles. The first-order chi connectivity index (χ1) is 9.50. The molecule has 0 aliphatic rings. The molecule has 108 valence electrons. The number of benzene rings is 1. The third kappa shape index (κ3) is 2.92. The number of aromatic amines is 2. The summed E-state index contributed by atoms with van der Waals surface area (Å²) in [6.07, 6.45) is 0.775. The van der Waals surface area contributed by atoms with E-state index in [1.54, 1.807) is 0 Å². The van der Waals surface area contributed by atoms with Crippen molar-refractivity contribution in [1.82, 2.24) is 14.8 Å². The molecule has 0 fully saturated rings. The van der Waals surface area contributed by atoms with Crippen LogP contribution >= 0.6 is 0 Å². The van der Waals surface area contributed by atoms with E-state index in [0.29, 0.717) is 5.92 Å². The average Bonchev–Trinajstić information content (AvgIpc) is 2.76. The van der Waals surface area contributed by atoms with Crippen molar-refractivity contribution < 1.29 is 0 Å². The van der Waals surface area contributed by atoms with Gasteiger partial charge in [0.15, 0.2) is 0 Å². The standard InChI is InChI=1S/C15H21N3O2/c1-10(2)9-13(18-14(19)16-17-15(18)20)11(3)12-7-5-4-6-8-12/h4-8,10-11,13H,9H2,1-3H3,(H,16,19)(H,17,20). The first-order valence-electron chi connectivity index (χ1n) is 6.94. The molecule has 0 spiro atoms. The lowest BCUT2D eigenvalue weighted by molar-refractivity contribution is 0.340. The zero-order valence-electron chi connectivity index (χ0n) is 12.1. The van der Waals surface area contributed by atoms with Crippen LogP contribution in [0, 0.1) is 5.92 Å². The average molecular weight is 275 g/mol. The monoisotopic (exact) mass is 275 g/mol. The van der Waals surface area contributed by atoms with Gasteiger partial charge in [-0.1, -0.05) is 51.1 Å². The van der Waals surface area contributed by atoms with E-state index in [-0.39, 0.29) is 23.3 Å². The lowest BCUT2D eigenvalue weighted by atomic mass is 9.88. The predicted molar refractivity (Wildman–Crippen MR) is 79.0 cm³/mol. The normalized spacial score (nSPS) is 14.4. The van der Waals surface area contributed by atoms with Gasteiger partial charge in [-0.3, -0.25) is 0 Å². The van der Waals surface area contributed by atoms with Gasteiger partial charge in [-0.05, 0) is 17.9 Å². The van der Waals surface area contributed by atoms with E-state index < -0.39 is 0 Å². The fourth-order valence-electron chi connectivity index (χ4n) is 2.62. The molecule has 2 unspecified atom stereocenters. The van der Waals surface area contributed by atoms with Crippen molar-refractivity contribution in [2.24, 2.45) is 5.92 Å². The Morgan fingerprint density at radius 2 is 1.55 bits per heavy atom. The fraction of sp³-hybridized carbons (Fsp3) is 0.467. The number of nitrogens with zero attached hydrogens (tertiary/aromatic N) is 1. The van der Waals surface area contributed by atoms with Crippen molar-refractivity contribution in [3.05, 3.63) is 56.9 Å². The minimum Gasteiger partial charge on any atom is -0.247 e. The van der Waals surface area contributed by atoms with Crippen molar-refractivity contribution in [3.8, 4) is 0 Å². The molecule has 2 aromatic rings. The third-order valence-electron chi connectivity index (χ3n) is 3.66. The Hall–Kier alpha value is -2.04. The SMILES string of the molecule is CC(C)CC(C(C)c1ccccc1)n1c(=O)[nH][nH]c1=O. The lowest BCUT2D eigenvalue weighted by Crippen LogP contribution is -2.34. The second-order valence-corrected chi connectivity index (χ2v) is 5.63. The summed E-state index contributed by atoms with van der Waals surface area (Å²) in [4.78, 5) is 23.7. The maximum Gasteiger partial charge on any atom is 0.344 e. The Morgan fingerprint density at radius 3 is 2.05 bits per heavy atom. The molecule has 5 heteroatoms. The van der Waals surface area contributed by atoms with Gasteiger partial charge in [0.25, 0.3) is 0 Å². The highest BCUT2D eigenvalue weighted by atomic mass is 16.2. The molecule has 1 aromatic heterocycles. The number of H-pyrrole nitrogens is 2. The Morgan fingerprint density at radius 1 is 1.00 bits per heavy atom. The van der Waals surface area contributed by atoms with Crippen LogP contribution in [0.1, 0.15) is 44.7 Å². The van der Waals surface area contributed by atoms with Crippen LogP contribution in [0.3, 0.4) is 0 Å². The van der Waals surface area contributed by atoms with Crippen molar-refractivity contribution in [2.45, 2.75) is 39.2 Å². The Bertz CT molecular complexity index is 624. The Labute approximate surface area is 117 Å². The molecular formula is C15H21N3O2. The van der Waals surface area contributed by atoms with Crippen molar-refractivity contribution >= 4 is 0 Å². The summed E-state index contributed by atoms with van der Waals surface area (Å²) >= 11 is 0. The highest BCUT2D eigenvalue weighted by Gasteiger charge is 2.25. The first kappa shape index (κ1) is 14.4. The van der Waals surface area contributed by atoms with Crippen LogP contribution in [-0.2, 0) is 0 Å². The summed E-state index contributed by atoms with van der Waals surface area (Å²) in [5, 5.41) is 4.73. The molecule has 0 radical (unpaired) electrons. The van der Waals surface area contributed by atoms with Crippen LogP contribution in [0.5, 0.6) is 0 Å². The minimum absolute atomic E-state index is 0.0909. The van der Waals surface area contributed by atoms with Gasteiger partial charge in [0, 0.05) is 5.92 Å². The second-order valence-electron chi connectivity index (χ2n) is 5.63. The third-order valence-corrected chi connectivity index (χ3v) is 3.66. The van der Waals surface area contributed by atoms with E-state index in [1.165, 1.54) is 4.57 Å². The number of hydrogen-bond donors (Lipinski definition) is 2. The van der Waals surface area contributed by atoms with E-state index in [1.807, 2.05) is 30.3 Å². The summed E-state index contributed by atoms with van der Waals surface area (Å²) < 4.78 is 1.30. The highest BCUT2D eigenvalue weighted by Crippen LogP contribution is 2.31. The van der Waals surface area contributed by atoms with Gasteiger partial charge in [0.05, 0.1) is 6.04 Å². The van der Waals surface area contributed by atoms with Gasteiger partial charge in [-0.15, -0.1) is 0 Å². The van der Waals surface area contributed by atoms with E-state index in [4.69, 9.17) is 0 Å². The molecule has 2 atom stereocenters. The summed E-state index contributed by atoms with van der Waals surface area (Å²) in [7, 11) is 0. The first-order valence-corrected chi connectivity index (χ1v) is 6.94. The second kappa shape index (κ2) is 5.94. The maximum atomic E-state index is 11.9. The maximum absolute atomic E-state index is 11.9.